The van der Waals surface area contributed by atoms with Gasteiger partial charge in [0.1, 0.15) is 0 Å². The Morgan fingerprint density at radius 1 is 1.24 bits per heavy atom. The smallest absolute Gasteiger partial charge is 0.0568 e. The van der Waals surface area contributed by atoms with Crippen LogP contribution in [-0.4, -0.2) is 23.3 Å². The highest BCUT2D eigenvalue weighted by molar-refractivity contribution is 5.64. The lowest BCUT2D eigenvalue weighted by atomic mass is 9.97. The Bertz CT molecular complexity index is 469. The maximum absolute atomic E-state index is 4.20. The van der Waals surface area contributed by atoms with Crippen molar-refractivity contribution in [2.45, 2.75) is 12.8 Å². The zero-order valence-electron chi connectivity index (χ0n) is 9.82. The van der Waals surface area contributed by atoms with Crippen LogP contribution in [-0.2, 0) is 6.42 Å². The third-order valence-corrected chi connectivity index (χ3v) is 3.46. The summed E-state index contributed by atoms with van der Waals surface area (Å²) in [6, 6.07) is 10.5. The average Bonchev–Trinajstić information content (AvgIpc) is 3.02. The van der Waals surface area contributed by atoms with Gasteiger partial charge in [0.15, 0.2) is 0 Å². The molecule has 1 fully saturated rings. The van der Waals surface area contributed by atoms with Gasteiger partial charge in [0.25, 0.3) is 0 Å². The van der Waals surface area contributed by atoms with Crippen molar-refractivity contribution in [3.05, 3.63) is 42.2 Å². The molecule has 1 saturated heterocycles. The van der Waals surface area contributed by atoms with Crippen LogP contribution in [0.4, 0.5) is 0 Å². The van der Waals surface area contributed by atoms with E-state index in [9.17, 15) is 0 Å². The van der Waals surface area contributed by atoms with Gasteiger partial charge in [-0.25, -0.2) is 0 Å². The van der Waals surface area contributed by atoms with Gasteiger partial charge in [-0.05, 0) is 37.4 Å². The van der Waals surface area contributed by atoms with E-state index in [1.54, 1.807) is 0 Å². The van der Waals surface area contributed by atoms with Gasteiger partial charge in [-0.15, -0.1) is 0 Å². The molecule has 1 aliphatic rings. The van der Waals surface area contributed by atoms with E-state index in [1.807, 2.05) is 12.3 Å². The molecule has 1 aromatic heterocycles. The minimum absolute atomic E-state index is 0.748. The number of benzene rings is 1. The summed E-state index contributed by atoms with van der Waals surface area (Å²) < 4.78 is 0. The van der Waals surface area contributed by atoms with Gasteiger partial charge in [-0.3, -0.25) is 5.10 Å². The largest absolute Gasteiger partial charge is 0.316 e. The van der Waals surface area contributed by atoms with Crippen molar-refractivity contribution >= 4 is 0 Å². The summed E-state index contributed by atoms with van der Waals surface area (Å²) in [7, 11) is 0. The molecule has 17 heavy (non-hydrogen) atoms. The summed E-state index contributed by atoms with van der Waals surface area (Å²) in [5.41, 5.74) is 3.77. The lowest BCUT2D eigenvalue weighted by Crippen LogP contribution is -2.11. The summed E-state index contributed by atoms with van der Waals surface area (Å²) in [5, 5.41) is 10.8. The molecule has 1 aliphatic heterocycles. The average molecular weight is 227 g/mol. The summed E-state index contributed by atoms with van der Waals surface area (Å²) in [5.74, 6) is 0.748. The Labute approximate surface area is 101 Å². The number of aromatic amines is 1. The molecule has 2 heterocycles. The van der Waals surface area contributed by atoms with Gasteiger partial charge < -0.3 is 5.32 Å². The number of nitrogens with one attached hydrogen (secondary N) is 2. The molecule has 3 nitrogen and oxygen atoms in total. The monoisotopic (exact) mass is 227 g/mol. The van der Waals surface area contributed by atoms with Gasteiger partial charge in [-0.1, -0.05) is 30.3 Å². The maximum Gasteiger partial charge on any atom is 0.0568 e. The fraction of sp³-hybridized carbons (Fsp3) is 0.357. The van der Waals surface area contributed by atoms with Gasteiger partial charge in [0.2, 0.25) is 0 Å². The molecular formula is C14H17N3. The number of aromatic nitrogens is 2. The SMILES string of the molecule is c1ccc(-c2cn[nH]c2CC2CCNC2)cc1. The first-order valence-electron chi connectivity index (χ1n) is 6.22. The Hall–Kier alpha value is -1.61. The molecule has 1 atom stereocenters. The van der Waals surface area contributed by atoms with Crippen LogP contribution in [0, 0.1) is 5.92 Å². The minimum atomic E-state index is 0.748. The van der Waals surface area contributed by atoms with E-state index in [0.29, 0.717) is 0 Å². The Morgan fingerprint density at radius 3 is 2.88 bits per heavy atom. The van der Waals surface area contributed by atoms with Crippen molar-refractivity contribution in [2.24, 2.45) is 5.92 Å². The third kappa shape index (κ3) is 2.24. The van der Waals surface area contributed by atoms with E-state index in [0.717, 1.165) is 25.4 Å². The number of rotatable bonds is 3. The molecule has 0 radical (unpaired) electrons. The maximum atomic E-state index is 4.20. The van der Waals surface area contributed by atoms with Crippen molar-refractivity contribution in [3.8, 4) is 11.1 Å². The van der Waals surface area contributed by atoms with Crippen LogP contribution in [0.1, 0.15) is 12.1 Å². The zero-order chi connectivity index (χ0) is 11.5. The molecule has 0 spiro atoms. The number of H-pyrrole nitrogens is 1. The van der Waals surface area contributed by atoms with Crippen molar-refractivity contribution in [3.63, 3.8) is 0 Å². The molecule has 0 saturated carbocycles. The van der Waals surface area contributed by atoms with Crippen molar-refractivity contribution in [1.82, 2.24) is 15.5 Å². The van der Waals surface area contributed by atoms with E-state index in [4.69, 9.17) is 0 Å². The molecule has 1 aromatic carbocycles. The summed E-state index contributed by atoms with van der Waals surface area (Å²) in [6.45, 7) is 2.28. The number of hydrogen-bond acceptors (Lipinski definition) is 2. The lowest BCUT2D eigenvalue weighted by molar-refractivity contribution is 0.571. The zero-order valence-corrected chi connectivity index (χ0v) is 9.82. The topological polar surface area (TPSA) is 40.7 Å². The fourth-order valence-electron chi connectivity index (χ4n) is 2.51. The fourth-order valence-corrected chi connectivity index (χ4v) is 2.51. The van der Waals surface area contributed by atoms with Crippen molar-refractivity contribution in [1.29, 1.82) is 0 Å². The first-order chi connectivity index (χ1) is 8.43. The number of nitrogens with zero attached hydrogens (tertiary/aromatic N) is 1. The van der Waals surface area contributed by atoms with E-state index >= 15 is 0 Å². The van der Waals surface area contributed by atoms with Crippen molar-refractivity contribution in [2.75, 3.05) is 13.1 Å². The van der Waals surface area contributed by atoms with Gasteiger partial charge >= 0.3 is 0 Å². The van der Waals surface area contributed by atoms with Gasteiger partial charge in [-0.2, -0.15) is 5.10 Å². The first kappa shape index (κ1) is 10.5. The normalized spacial score (nSPS) is 19.6. The van der Waals surface area contributed by atoms with Crippen LogP contribution in [0.2, 0.25) is 0 Å². The van der Waals surface area contributed by atoms with Gasteiger partial charge in [0, 0.05) is 11.3 Å². The van der Waals surface area contributed by atoms with E-state index < -0.39 is 0 Å². The molecule has 0 bridgehead atoms. The predicted molar refractivity (Wildman–Crippen MR) is 68.7 cm³/mol. The second-order valence-electron chi connectivity index (χ2n) is 4.69. The number of hydrogen-bond donors (Lipinski definition) is 2. The molecule has 3 heteroatoms. The molecule has 0 amide bonds. The third-order valence-electron chi connectivity index (χ3n) is 3.46. The molecule has 2 aromatic rings. The van der Waals surface area contributed by atoms with E-state index in [-0.39, 0.29) is 0 Å². The lowest BCUT2D eigenvalue weighted by Gasteiger charge is -2.08. The van der Waals surface area contributed by atoms with Crippen LogP contribution in [0.3, 0.4) is 0 Å². The van der Waals surface area contributed by atoms with Crippen LogP contribution in [0.25, 0.3) is 11.1 Å². The standard InChI is InChI=1S/C14H17N3/c1-2-4-12(5-3-1)13-10-16-17-14(13)8-11-6-7-15-9-11/h1-5,10-11,15H,6-9H2,(H,16,17). The van der Waals surface area contributed by atoms with Crippen LogP contribution >= 0.6 is 0 Å². The molecule has 2 N–H and O–H groups in total. The molecule has 3 rings (SSSR count). The molecule has 1 unspecified atom stereocenters. The second kappa shape index (κ2) is 4.72. The quantitative estimate of drug-likeness (QED) is 0.844. The highest BCUT2D eigenvalue weighted by Crippen LogP contribution is 2.25. The van der Waals surface area contributed by atoms with Gasteiger partial charge in [0.05, 0.1) is 6.20 Å². The highest BCUT2D eigenvalue weighted by Gasteiger charge is 2.17. The van der Waals surface area contributed by atoms with E-state index in [2.05, 4.69) is 39.8 Å². The summed E-state index contributed by atoms with van der Waals surface area (Å²) >= 11 is 0. The van der Waals surface area contributed by atoms with Crippen molar-refractivity contribution < 1.29 is 0 Å². The van der Waals surface area contributed by atoms with Crippen LogP contribution < -0.4 is 5.32 Å². The van der Waals surface area contributed by atoms with Crippen LogP contribution in [0.5, 0.6) is 0 Å². The second-order valence-corrected chi connectivity index (χ2v) is 4.69. The summed E-state index contributed by atoms with van der Waals surface area (Å²) in [6.07, 6.45) is 4.30. The minimum Gasteiger partial charge on any atom is -0.316 e. The first-order valence-corrected chi connectivity index (χ1v) is 6.22. The Kier molecular flexibility index (Phi) is 2.92. The predicted octanol–water partition coefficient (Wildman–Crippen LogP) is 2.23. The Balaban J connectivity index is 1.84. The summed E-state index contributed by atoms with van der Waals surface area (Å²) in [4.78, 5) is 0. The molecular weight excluding hydrogens is 210 g/mol. The highest BCUT2D eigenvalue weighted by atomic mass is 15.1. The van der Waals surface area contributed by atoms with E-state index in [1.165, 1.54) is 23.2 Å². The molecule has 88 valence electrons. The van der Waals surface area contributed by atoms with Crippen LogP contribution in [0.15, 0.2) is 36.5 Å². The Morgan fingerprint density at radius 2 is 2.12 bits per heavy atom. The molecule has 0 aliphatic carbocycles.